The summed E-state index contributed by atoms with van der Waals surface area (Å²) >= 11 is 0. The van der Waals surface area contributed by atoms with Gasteiger partial charge in [-0.25, -0.2) is 4.39 Å². The van der Waals surface area contributed by atoms with Crippen molar-refractivity contribution in [2.24, 2.45) is 0 Å². The molecule has 0 aliphatic carbocycles. The summed E-state index contributed by atoms with van der Waals surface area (Å²) in [4.78, 5) is 25.9. The SMILES string of the molecule is CCCC(=O)/C(C(=O)CCc1ccc(Oc2ccc(F)cc2)cc1)=C(O)\C(CCC)=C(\O)CCC. The number of ether oxygens (including phenoxy) is 1. The number of rotatable bonds is 14. The number of aliphatic hydroxyl groups excluding tert-OH is 2. The van der Waals surface area contributed by atoms with Crippen LogP contribution in [0.1, 0.15) is 71.3 Å². The zero-order chi connectivity index (χ0) is 25.8. The lowest BCUT2D eigenvalue weighted by molar-refractivity contribution is -0.121. The van der Waals surface area contributed by atoms with E-state index in [4.69, 9.17) is 4.74 Å². The van der Waals surface area contributed by atoms with Gasteiger partial charge < -0.3 is 14.9 Å². The number of aliphatic hydroxyl groups is 2. The number of carbonyl (C=O) groups excluding carboxylic acids is 2. The van der Waals surface area contributed by atoms with Crippen LogP contribution in [-0.4, -0.2) is 21.8 Å². The Labute approximate surface area is 207 Å². The molecule has 0 unspecified atom stereocenters. The molecule has 0 bridgehead atoms. The standard InChI is InChI=1S/C29H35FO5/c1-4-7-24(25(31)8-5-2)29(34)28(26(32)9-6-3)27(33)19-12-20-10-15-22(16-11-20)35-23-17-13-21(30)14-18-23/h10-11,13-18,31,34H,4-9,12,19H2,1-3H3/b25-24+,29-28-. The molecule has 0 heterocycles. The summed E-state index contributed by atoms with van der Waals surface area (Å²) in [5.74, 6) is -0.462. The van der Waals surface area contributed by atoms with E-state index in [0.717, 1.165) is 5.56 Å². The van der Waals surface area contributed by atoms with E-state index in [1.165, 1.54) is 24.3 Å². The maximum atomic E-state index is 13.1. The van der Waals surface area contributed by atoms with Crippen molar-refractivity contribution in [3.63, 3.8) is 0 Å². The van der Waals surface area contributed by atoms with Crippen LogP contribution in [-0.2, 0) is 16.0 Å². The smallest absolute Gasteiger partial charge is 0.170 e. The molecule has 0 aliphatic heterocycles. The highest BCUT2D eigenvalue weighted by molar-refractivity contribution is 6.20. The molecule has 2 N–H and O–H groups in total. The second kappa shape index (κ2) is 14.1. The van der Waals surface area contributed by atoms with Gasteiger partial charge in [-0.3, -0.25) is 9.59 Å². The molecule has 0 fully saturated rings. The van der Waals surface area contributed by atoms with E-state index in [2.05, 4.69) is 0 Å². The van der Waals surface area contributed by atoms with E-state index >= 15 is 0 Å². The number of aryl methyl sites for hydroxylation is 1. The fourth-order valence-corrected chi connectivity index (χ4v) is 3.71. The Morgan fingerprint density at radius 1 is 0.743 bits per heavy atom. The molecule has 0 radical (unpaired) electrons. The average molecular weight is 483 g/mol. The van der Waals surface area contributed by atoms with E-state index in [9.17, 15) is 24.2 Å². The molecule has 5 nitrogen and oxygen atoms in total. The van der Waals surface area contributed by atoms with Gasteiger partial charge in [0.05, 0.1) is 5.76 Å². The van der Waals surface area contributed by atoms with Crippen LogP contribution in [0, 0.1) is 5.82 Å². The maximum absolute atomic E-state index is 13.1. The van der Waals surface area contributed by atoms with Crippen LogP contribution in [0.15, 0.2) is 71.2 Å². The maximum Gasteiger partial charge on any atom is 0.170 e. The molecule has 0 atom stereocenters. The van der Waals surface area contributed by atoms with Crippen LogP contribution in [0.25, 0.3) is 0 Å². The third-order valence-electron chi connectivity index (χ3n) is 5.51. The second-order valence-electron chi connectivity index (χ2n) is 8.45. The average Bonchev–Trinajstić information content (AvgIpc) is 2.84. The van der Waals surface area contributed by atoms with Crippen molar-refractivity contribution in [3.05, 3.63) is 82.6 Å². The number of carbonyl (C=O) groups is 2. The van der Waals surface area contributed by atoms with Gasteiger partial charge in [0, 0.05) is 24.8 Å². The normalized spacial score (nSPS) is 12.6. The number of allylic oxidation sites excluding steroid dienone is 3. The zero-order valence-corrected chi connectivity index (χ0v) is 20.8. The number of hydrogen-bond acceptors (Lipinski definition) is 5. The Kier molecular flexibility index (Phi) is 11.2. The van der Waals surface area contributed by atoms with Crippen molar-refractivity contribution in [2.75, 3.05) is 0 Å². The van der Waals surface area contributed by atoms with Gasteiger partial charge in [-0.2, -0.15) is 0 Å². The van der Waals surface area contributed by atoms with E-state index in [1.54, 1.807) is 12.1 Å². The van der Waals surface area contributed by atoms with Crippen molar-refractivity contribution in [1.29, 1.82) is 0 Å². The van der Waals surface area contributed by atoms with Crippen molar-refractivity contribution in [1.82, 2.24) is 0 Å². The summed E-state index contributed by atoms with van der Waals surface area (Å²) in [5.41, 5.74) is 0.934. The van der Waals surface area contributed by atoms with E-state index < -0.39 is 11.6 Å². The van der Waals surface area contributed by atoms with Gasteiger partial charge in [-0.1, -0.05) is 39.3 Å². The highest BCUT2D eigenvalue weighted by atomic mass is 19.1. The van der Waals surface area contributed by atoms with E-state index in [1.807, 2.05) is 32.9 Å². The summed E-state index contributed by atoms with van der Waals surface area (Å²) in [6.45, 7) is 5.65. The number of hydrogen-bond donors (Lipinski definition) is 2. The van der Waals surface area contributed by atoms with Gasteiger partial charge in [0.1, 0.15) is 28.6 Å². The summed E-state index contributed by atoms with van der Waals surface area (Å²) in [5, 5.41) is 21.4. The number of halogens is 1. The van der Waals surface area contributed by atoms with Gasteiger partial charge in [0.2, 0.25) is 0 Å². The third kappa shape index (κ3) is 8.39. The van der Waals surface area contributed by atoms with Crippen LogP contribution >= 0.6 is 0 Å². The van der Waals surface area contributed by atoms with Crippen LogP contribution < -0.4 is 4.74 Å². The third-order valence-corrected chi connectivity index (χ3v) is 5.51. The van der Waals surface area contributed by atoms with Crippen LogP contribution in [0.3, 0.4) is 0 Å². The molecule has 0 aliphatic rings. The summed E-state index contributed by atoms with van der Waals surface area (Å²) in [6.07, 6.45) is 3.20. The Morgan fingerprint density at radius 3 is 1.80 bits per heavy atom. The highest BCUT2D eigenvalue weighted by Gasteiger charge is 2.25. The number of Topliss-reactive ketones (excluding diaryl/α,β-unsaturated/α-hetero) is 2. The van der Waals surface area contributed by atoms with Gasteiger partial charge in [-0.05, 0) is 67.6 Å². The molecule has 0 amide bonds. The zero-order valence-electron chi connectivity index (χ0n) is 20.8. The molecular formula is C29H35FO5. The molecule has 35 heavy (non-hydrogen) atoms. The van der Waals surface area contributed by atoms with Crippen LogP contribution in [0.2, 0.25) is 0 Å². The summed E-state index contributed by atoms with van der Waals surface area (Å²) in [7, 11) is 0. The summed E-state index contributed by atoms with van der Waals surface area (Å²) in [6, 6.07) is 12.9. The fourth-order valence-electron chi connectivity index (χ4n) is 3.71. The van der Waals surface area contributed by atoms with Gasteiger partial charge in [-0.15, -0.1) is 0 Å². The Balaban J connectivity index is 2.19. The minimum Gasteiger partial charge on any atom is -0.512 e. The largest absolute Gasteiger partial charge is 0.512 e. The molecule has 0 saturated carbocycles. The van der Waals surface area contributed by atoms with E-state index in [-0.39, 0.29) is 41.3 Å². The predicted molar refractivity (Wildman–Crippen MR) is 135 cm³/mol. The lowest BCUT2D eigenvalue weighted by Crippen LogP contribution is -2.18. The Bertz CT molecular complexity index is 1050. The van der Waals surface area contributed by atoms with Crippen molar-refractivity contribution >= 4 is 11.6 Å². The lowest BCUT2D eigenvalue weighted by atomic mass is 9.92. The van der Waals surface area contributed by atoms with Crippen LogP contribution in [0.4, 0.5) is 4.39 Å². The first-order chi connectivity index (χ1) is 16.8. The van der Waals surface area contributed by atoms with Gasteiger partial charge in [0.15, 0.2) is 11.6 Å². The molecular weight excluding hydrogens is 447 g/mol. The highest BCUT2D eigenvalue weighted by Crippen LogP contribution is 2.26. The predicted octanol–water partition coefficient (Wildman–Crippen LogP) is 7.71. The molecule has 0 spiro atoms. The molecule has 2 aromatic rings. The molecule has 2 rings (SSSR count). The lowest BCUT2D eigenvalue weighted by Gasteiger charge is -2.14. The second-order valence-corrected chi connectivity index (χ2v) is 8.45. The fraction of sp³-hybridized carbons (Fsp3) is 0.379. The van der Waals surface area contributed by atoms with Gasteiger partial charge >= 0.3 is 0 Å². The summed E-state index contributed by atoms with van der Waals surface area (Å²) < 4.78 is 18.7. The van der Waals surface area contributed by atoms with Crippen molar-refractivity contribution in [2.45, 2.75) is 72.1 Å². The van der Waals surface area contributed by atoms with Gasteiger partial charge in [0.25, 0.3) is 0 Å². The molecule has 0 saturated heterocycles. The first kappa shape index (κ1) is 27.8. The number of ketones is 2. The number of benzene rings is 2. The van der Waals surface area contributed by atoms with Crippen LogP contribution in [0.5, 0.6) is 11.5 Å². The Hall–Kier alpha value is -3.41. The molecule has 6 heteroatoms. The first-order valence-corrected chi connectivity index (χ1v) is 12.2. The Morgan fingerprint density at radius 2 is 1.26 bits per heavy atom. The molecule has 0 aromatic heterocycles. The minimum absolute atomic E-state index is 0.0261. The van der Waals surface area contributed by atoms with Crippen molar-refractivity contribution < 1.29 is 28.9 Å². The minimum atomic E-state index is -0.439. The monoisotopic (exact) mass is 482 g/mol. The quantitative estimate of drug-likeness (QED) is 0.0947. The molecule has 188 valence electrons. The molecule has 2 aromatic carbocycles. The topological polar surface area (TPSA) is 83.8 Å². The first-order valence-electron chi connectivity index (χ1n) is 12.2. The van der Waals surface area contributed by atoms with E-state index in [0.29, 0.717) is 50.0 Å². The van der Waals surface area contributed by atoms with Crippen molar-refractivity contribution in [3.8, 4) is 11.5 Å².